The highest BCUT2D eigenvalue weighted by atomic mass is 16.7. The number of hydrogen-bond acceptors (Lipinski definition) is 7. The van der Waals surface area contributed by atoms with E-state index in [1.165, 1.54) is 11.2 Å². The lowest BCUT2D eigenvalue weighted by Gasteiger charge is -2.13. The van der Waals surface area contributed by atoms with Gasteiger partial charge in [0.2, 0.25) is 12.7 Å². The number of aromatic amines is 1. The van der Waals surface area contributed by atoms with Crippen molar-refractivity contribution in [2.45, 2.75) is 20.1 Å². The maximum absolute atomic E-state index is 12.5. The molecule has 2 aromatic heterocycles. The van der Waals surface area contributed by atoms with Crippen molar-refractivity contribution in [1.29, 1.82) is 0 Å². The van der Waals surface area contributed by atoms with Crippen LogP contribution in [0.25, 0.3) is 0 Å². The number of aromatic nitrogens is 3. The van der Waals surface area contributed by atoms with Crippen LogP contribution in [0.4, 0.5) is 0 Å². The van der Waals surface area contributed by atoms with E-state index in [0.29, 0.717) is 29.7 Å². The van der Waals surface area contributed by atoms with Crippen LogP contribution in [0.2, 0.25) is 0 Å². The summed E-state index contributed by atoms with van der Waals surface area (Å²) in [5.74, 6) is 1.96. The molecule has 1 amide bonds. The number of amides is 1. The lowest BCUT2D eigenvalue weighted by molar-refractivity contribution is 0.0777. The van der Waals surface area contributed by atoms with Gasteiger partial charge in [-0.1, -0.05) is 0 Å². The van der Waals surface area contributed by atoms with Gasteiger partial charge in [0, 0.05) is 18.8 Å². The second kappa shape index (κ2) is 7.02. The maximum Gasteiger partial charge on any atom is 0.275 e. The van der Waals surface area contributed by atoms with Crippen LogP contribution in [0.5, 0.6) is 17.2 Å². The molecule has 1 aliphatic rings. The molecule has 0 bridgehead atoms. The van der Waals surface area contributed by atoms with E-state index in [1.54, 1.807) is 25.2 Å². The molecule has 9 heteroatoms. The zero-order chi connectivity index (χ0) is 18.8. The molecule has 27 heavy (non-hydrogen) atoms. The first-order chi connectivity index (χ1) is 13.1. The molecule has 0 spiro atoms. The minimum atomic E-state index is -0.256. The highest BCUT2D eigenvalue weighted by molar-refractivity contribution is 5.91. The molecular formula is C18H18N4O5. The molecule has 0 saturated carbocycles. The number of carbonyl (C=O) groups excluding carboxylic acids is 1. The number of hydrogen-bond donors (Lipinski definition) is 1. The fourth-order valence-electron chi connectivity index (χ4n) is 2.65. The van der Waals surface area contributed by atoms with E-state index in [-0.39, 0.29) is 25.0 Å². The highest BCUT2D eigenvalue weighted by Gasteiger charge is 2.18. The van der Waals surface area contributed by atoms with Gasteiger partial charge in [-0.05, 0) is 25.1 Å². The zero-order valence-corrected chi connectivity index (χ0v) is 14.9. The Morgan fingerprint density at radius 1 is 1.30 bits per heavy atom. The third kappa shape index (κ3) is 3.71. The Balaban J connectivity index is 1.35. The molecular weight excluding hydrogens is 352 g/mol. The topological polar surface area (TPSA) is 103 Å². The first kappa shape index (κ1) is 17.0. The molecule has 140 valence electrons. The normalized spacial score (nSPS) is 12.2. The van der Waals surface area contributed by atoms with Crippen LogP contribution in [0, 0.1) is 6.92 Å². The van der Waals surface area contributed by atoms with Crippen molar-refractivity contribution < 1.29 is 23.4 Å². The monoisotopic (exact) mass is 370 g/mol. The molecule has 4 rings (SSSR count). The van der Waals surface area contributed by atoms with Crippen LogP contribution in [-0.4, -0.2) is 39.8 Å². The average molecular weight is 370 g/mol. The van der Waals surface area contributed by atoms with Crippen molar-refractivity contribution in [2.24, 2.45) is 0 Å². The summed E-state index contributed by atoms with van der Waals surface area (Å²) in [6.45, 7) is 2.58. The Hall–Kier alpha value is -3.49. The third-order valence-corrected chi connectivity index (χ3v) is 3.98. The van der Waals surface area contributed by atoms with Crippen LogP contribution in [0.3, 0.4) is 0 Å². The second-order valence-corrected chi connectivity index (χ2v) is 6.13. The molecule has 0 radical (unpaired) electrons. The van der Waals surface area contributed by atoms with E-state index in [4.69, 9.17) is 18.6 Å². The van der Waals surface area contributed by atoms with Gasteiger partial charge in [0.1, 0.15) is 12.0 Å². The van der Waals surface area contributed by atoms with Gasteiger partial charge in [-0.3, -0.25) is 9.89 Å². The van der Waals surface area contributed by atoms with Gasteiger partial charge in [0.15, 0.2) is 23.8 Å². The number of nitrogens with zero attached hydrogens (tertiary/aromatic N) is 3. The minimum Gasteiger partial charge on any atom is -0.484 e. The van der Waals surface area contributed by atoms with Gasteiger partial charge in [-0.25, -0.2) is 4.98 Å². The van der Waals surface area contributed by atoms with Crippen molar-refractivity contribution in [3.05, 3.63) is 53.5 Å². The molecule has 1 N–H and O–H groups in total. The molecule has 3 aromatic rings. The van der Waals surface area contributed by atoms with Gasteiger partial charge >= 0.3 is 0 Å². The van der Waals surface area contributed by atoms with Crippen LogP contribution in [0.15, 0.2) is 34.9 Å². The number of H-pyrrole nitrogens is 1. The summed E-state index contributed by atoms with van der Waals surface area (Å²) in [5.41, 5.74) is 1.93. The summed E-state index contributed by atoms with van der Waals surface area (Å²) < 4.78 is 21.5. The molecule has 0 atom stereocenters. The van der Waals surface area contributed by atoms with E-state index >= 15 is 0 Å². The molecule has 3 heterocycles. The predicted molar refractivity (Wildman–Crippen MR) is 92.5 cm³/mol. The van der Waals surface area contributed by atoms with Crippen LogP contribution < -0.4 is 14.2 Å². The van der Waals surface area contributed by atoms with Crippen LogP contribution in [0.1, 0.15) is 27.8 Å². The smallest absolute Gasteiger partial charge is 0.275 e. The third-order valence-electron chi connectivity index (χ3n) is 3.98. The Bertz CT molecular complexity index is 964. The van der Waals surface area contributed by atoms with E-state index in [2.05, 4.69) is 15.2 Å². The highest BCUT2D eigenvalue weighted by Crippen LogP contribution is 2.35. The quantitative estimate of drug-likeness (QED) is 0.710. The lowest BCUT2D eigenvalue weighted by atomic mass is 10.3. The van der Waals surface area contributed by atoms with Crippen molar-refractivity contribution in [3.63, 3.8) is 0 Å². The summed E-state index contributed by atoms with van der Waals surface area (Å²) in [6, 6.07) is 7.16. The summed E-state index contributed by atoms with van der Waals surface area (Å²) in [4.78, 5) is 18.2. The average Bonchev–Trinajstić information content (AvgIpc) is 3.39. The maximum atomic E-state index is 12.5. The van der Waals surface area contributed by atoms with E-state index in [0.717, 1.165) is 11.4 Å². The standard InChI is InChI=1S/C18H18N4O5/c1-11-5-12(21-20-11)7-22(2)18(23)14-8-25-17(19-14)9-24-13-3-4-15-16(6-13)27-10-26-15/h3-6,8H,7,9-10H2,1-2H3,(H,20,21). The molecule has 9 nitrogen and oxygen atoms in total. The Morgan fingerprint density at radius 2 is 2.15 bits per heavy atom. The van der Waals surface area contributed by atoms with Gasteiger partial charge in [-0.15, -0.1) is 0 Å². The number of rotatable bonds is 6. The Morgan fingerprint density at radius 3 is 2.96 bits per heavy atom. The van der Waals surface area contributed by atoms with Crippen molar-refractivity contribution >= 4 is 5.91 Å². The van der Waals surface area contributed by atoms with Crippen LogP contribution >= 0.6 is 0 Å². The number of carbonyl (C=O) groups is 1. The lowest BCUT2D eigenvalue weighted by Crippen LogP contribution is -2.26. The van der Waals surface area contributed by atoms with Gasteiger partial charge in [-0.2, -0.15) is 5.10 Å². The number of ether oxygens (including phenoxy) is 3. The number of nitrogens with one attached hydrogen (secondary N) is 1. The number of fused-ring (bicyclic) bond motifs is 1. The Labute approximate surface area is 154 Å². The molecule has 0 saturated heterocycles. The summed E-state index contributed by atoms with van der Waals surface area (Å²) in [6.07, 6.45) is 1.33. The van der Waals surface area contributed by atoms with E-state index in [1.807, 2.05) is 13.0 Å². The predicted octanol–water partition coefficient (Wildman–Crippen LogP) is 2.29. The first-order valence-electron chi connectivity index (χ1n) is 8.31. The summed E-state index contributed by atoms with van der Waals surface area (Å²) in [5, 5.41) is 6.97. The number of benzene rings is 1. The fourth-order valence-corrected chi connectivity index (χ4v) is 2.65. The summed E-state index contributed by atoms with van der Waals surface area (Å²) in [7, 11) is 1.68. The van der Waals surface area contributed by atoms with Crippen molar-refractivity contribution in [3.8, 4) is 17.2 Å². The van der Waals surface area contributed by atoms with Crippen LogP contribution in [-0.2, 0) is 13.2 Å². The summed E-state index contributed by atoms with van der Waals surface area (Å²) >= 11 is 0. The Kier molecular flexibility index (Phi) is 4.41. The number of aryl methyl sites for hydroxylation is 1. The largest absolute Gasteiger partial charge is 0.484 e. The zero-order valence-electron chi connectivity index (χ0n) is 14.9. The second-order valence-electron chi connectivity index (χ2n) is 6.13. The molecule has 1 aromatic carbocycles. The van der Waals surface area contributed by atoms with Crippen molar-refractivity contribution in [1.82, 2.24) is 20.1 Å². The number of oxazole rings is 1. The first-order valence-corrected chi connectivity index (χ1v) is 8.31. The minimum absolute atomic E-state index is 0.0925. The van der Waals surface area contributed by atoms with Gasteiger partial charge in [0.05, 0.1) is 12.2 Å². The fraction of sp³-hybridized carbons (Fsp3) is 0.278. The van der Waals surface area contributed by atoms with E-state index < -0.39 is 0 Å². The molecule has 1 aliphatic heterocycles. The molecule has 0 aliphatic carbocycles. The van der Waals surface area contributed by atoms with Crippen molar-refractivity contribution in [2.75, 3.05) is 13.8 Å². The van der Waals surface area contributed by atoms with Gasteiger partial charge < -0.3 is 23.5 Å². The SMILES string of the molecule is Cc1cc(CN(C)C(=O)c2coc(COc3ccc4c(c3)OCO4)n2)n[nH]1. The van der Waals surface area contributed by atoms with E-state index in [9.17, 15) is 4.79 Å². The molecule has 0 unspecified atom stereocenters. The van der Waals surface area contributed by atoms with Gasteiger partial charge in [0.25, 0.3) is 5.91 Å². The molecule has 0 fully saturated rings.